The predicted octanol–water partition coefficient (Wildman–Crippen LogP) is 5.35. The lowest BCUT2D eigenvalue weighted by Gasteiger charge is -2.07. The van der Waals surface area contributed by atoms with E-state index in [9.17, 15) is 9.59 Å². The van der Waals surface area contributed by atoms with Gasteiger partial charge in [-0.15, -0.1) is 0 Å². The number of furan rings is 1. The number of nitrogens with zero attached hydrogens (tertiary/aromatic N) is 1. The Labute approximate surface area is 185 Å². The Kier molecular flexibility index (Phi) is 6.22. The first-order chi connectivity index (χ1) is 15.6. The smallest absolute Gasteiger partial charge is 0.291 e. The van der Waals surface area contributed by atoms with E-state index in [1.165, 1.54) is 6.26 Å². The van der Waals surface area contributed by atoms with E-state index < -0.39 is 0 Å². The molecule has 0 saturated carbocycles. The first-order valence-electron chi connectivity index (χ1n) is 10.1. The number of hydrogen-bond donors (Lipinski definition) is 2. The van der Waals surface area contributed by atoms with Crippen molar-refractivity contribution in [1.29, 1.82) is 0 Å². The van der Waals surface area contributed by atoms with Crippen LogP contribution in [0.15, 0.2) is 107 Å². The number of nitrogens with one attached hydrogen (secondary N) is 2. The molecule has 0 bridgehead atoms. The van der Waals surface area contributed by atoms with Gasteiger partial charge in [-0.1, -0.05) is 54.6 Å². The maximum absolute atomic E-state index is 12.4. The van der Waals surface area contributed by atoms with Crippen molar-refractivity contribution in [3.63, 3.8) is 0 Å². The molecule has 0 unspecified atom stereocenters. The van der Waals surface area contributed by atoms with Crippen LogP contribution in [0.2, 0.25) is 0 Å². The Balaban J connectivity index is 1.36. The Morgan fingerprint density at radius 3 is 2.03 bits per heavy atom. The van der Waals surface area contributed by atoms with Gasteiger partial charge < -0.3 is 9.73 Å². The van der Waals surface area contributed by atoms with Crippen LogP contribution in [0.1, 0.15) is 33.4 Å². The average molecular weight is 423 g/mol. The molecule has 32 heavy (non-hydrogen) atoms. The van der Waals surface area contributed by atoms with E-state index in [0.717, 1.165) is 16.7 Å². The van der Waals surface area contributed by atoms with Gasteiger partial charge in [-0.2, -0.15) is 5.10 Å². The molecule has 6 heteroatoms. The second kappa shape index (κ2) is 9.57. The Morgan fingerprint density at radius 2 is 1.38 bits per heavy atom. The largest absolute Gasteiger partial charge is 0.459 e. The molecule has 0 radical (unpaired) electrons. The van der Waals surface area contributed by atoms with Crippen LogP contribution in [-0.2, 0) is 0 Å². The highest BCUT2D eigenvalue weighted by Crippen LogP contribution is 2.19. The third kappa shape index (κ3) is 4.99. The summed E-state index contributed by atoms with van der Waals surface area (Å²) < 4.78 is 5.08. The van der Waals surface area contributed by atoms with E-state index in [-0.39, 0.29) is 17.6 Å². The van der Waals surface area contributed by atoms with Gasteiger partial charge in [0.05, 0.1) is 12.0 Å². The van der Waals surface area contributed by atoms with E-state index >= 15 is 0 Å². The van der Waals surface area contributed by atoms with Gasteiger partial charge in [0.25, 0.3) is 11.8 Å². The molecule has 158 valence electrons. The predicted molar refractivity (Wildman–Crippen MR) is 125 cm³/mol. The number of rotatable bonds is 6. The molecule has 1 heterocycles. The summed E-state index contributed by atoms with van der Waals surface area (Å²) in [5.41, 5.74) is 7.34. The molecular weight excluding hydrogens is 402 g/mol. The Bertz CT molecular complexity index is 1230. The summed E-state index contributed by atoms with van der Waals surface area (Å²) in [4.78, 5) is 24.5. The molecular formula is C26H21N3O3. The summed E-state index contributed by atoms with van der Waals surface area (Å²) in [6.45, 7) is 1.80. The zero-order valence-electron chi connectivity index (χ0n) is 17.4. The lowest BCUT2D eigenvalue weighted by Crippen LogP contribution is -2.19. The molecule has 2 N–H and O–H groups in total. The SMILES string of the molecule is C/C(=N/NC(=O)c1ccc(-c2ccccc2)cc1)c1ccc(NC(=O)c2ccco2)cc1. The number of carbonyl (C=O) groups is 2. The standard InChI is InChI=1S/C26H21N3O3/c1-18(19-13-15-23(16-14-19)27-26(31)24-8-5-17-32-24)28-29-25(30)22-11-9-21(10-12-22)20-6-3-2-4-7-20/h2-17H,1H3,(H,27,31)(H,29,30)/b28-18-. The number of anilines is 1. The number of amides is 2. The molecule has 0 aliphatic rings. The lowest BCUT2D eigenvalue weighted by molar-refractivity contribution is 0.0953. The second-order valence-electron chi connectivity index (χ2n) is 7.09. The first-order valence-corrected chi connectivity index (χ1v) is 10.1. The summed E-state index contributed by atoms with van der Waals surface area (Å²) >= 11 is 0. The topological polar surface area (TPSA) is 83.7 Å². The van der Waals surface area contributed by atoms with Crippen LogP contribution in [0.25, 0.3) is 11.1 Å². The highest BCUT2D eigenvalue weighted by Gasteiger charge is 2.09. The highest BCUT2D eigenvalue weighted by molar-refractivity contribution is 6.03. The van der Waals surface area contributed by atoms with E-state index in [0.29, 0.717) is 17.0 Å². The van der Waals surface area contributed by atoms with Crippen LogP contribution in [0.4, 0.5) is 5.69 Å². The first kappa shape index (κ1) is 20.8. The van der Waals surface area contributed by atoms with Gasteiger partial charge in [0, 0.05) is 11.3 Å². The third-order valence-electron chi connectivity index (χ3n) is 4.88. The van der Waals surface area contributed by atoms with Gasteiger partial charge in [-0.05, 0) is 60.0 Å². The fraction of sp³-hybridized carbons (Fsp3) is 0.0385. The number of benzene rings is 3. The molecule has 0 fully saturated rings. The van der Waals surface area contributed by atoms with Crippen molar-refractivity contribution in [2.45, 2.75) is 6.92 Å². The van der Waals surface area contributed by atoms with Crippen LogP contribution < -0.4 is 10.7 Å². The van der Waals surface area contributed by atoms with Crippen LogP contribution in [0.5, 0.6) is 0 Å². The van der Waals surface area contributed by atoms with Crippen molar-refractivity contribution in [2.75, 3.05) is 5.32 Å². The normalized spacial score (nSPS) is 11.1. The van der Waals surface area contributed by atoms with Gasteiger partial charge in [-0.3, -0.25) is 9.59 Å². The van der Waals surface area contributed by atoms with E-state index in [2.05, 4.69) is 15.8 Å². The number of hydrazone groups is 1. The van der Waals surface area contributed by atoms with E-state index in [4.69, 9.17) is 4.42 Å². The van der Waals surface area contributed by atoms with Crippen LogP contribution in [0.3, 0.4) is 0 Å². The highest BCUT2D eigenvalue weighted by atomic mass is 16.3. The third-order valence-corrected chi connectivity index (χ3v) is 4.88. The van der Waals surface area contributed by atoms with E-state index in [1.54, 1.807) is 43.3 Å². The summed E-state index contributed by atoms with van der Waals surface area (Å²) in [6, 6.07) is 27.8. The van der Waals surface area contributed by atoms with Gasteiger partial charge >= 0.3 is 0 Å². The summed E-state index contributed by atoms with van der Waals surface area (Å²) in [5.74, 6) is -0.365. The zero-order valence-corrected chi connectivity index (χ0v) is 17.4. The van der Waals surface area contributed by atoms with Crippen molar-refractivity contribution in [3.05, 3.63) is 114 Å². The van der Waals surface area contributed by atoms with Gasteiger partial charge in [0.2, 0.25) is 0 Å². The van der Waals surface area contributed by atoms with Gasteiger partial charge in [-0.25, -0.2) is 5.43 Å². The van der Waals surface area contributed by atoms with Crippen molar-refractivity contribution in [3.8, 4) is 11.1 Å². The Hall–Kier alpha value is -4.45. The maximum atomic E-state index is 12.4. The molecule has 3 aromatic carbocycles. The minimum Gasteiger partial charge on any atom is -0.459 e. The molecule has 4 aromatic rings. The molecule has 0 atom stereocenters. The van der Waals surface area contributed by atoms with Crippen LogP contribution >= 0.6 is 0 Å². The second-order valence-corrected chi connectivity index (χ2v) is 7.09. The molecule has 2 amide bonds. The monoisotopic (exact) mass is 423 g/mol. The summed E-state index contributed by atoms with van der Waals surface area (Å²) in [5, 5.41) is 6.95. The van der Waals surface area contributed by atoms with Crippen LogP contribution in [0, 0.1) is 0 Å². The molecule has 0 aliphatic carbocycles. The quantitative estimate of drug-likeness (QED) is 0.324. The van der Waals surface area contributed by atoms with Crippen molar-refractivity contribution in [2.24, 2.45) is 5.10 Å². The summed E-state index contributed by atoms with van der Waals surface area (Å²) in [6.07, 6.45) is 1.45. The fourth-order valence-corrected chi connectivity index (χ4v) is 3.10. The van der Waals surface area contributed by atoms with Gasteiger partial charge in [0.1, 0.15) is 0 Å². The molecule has 0 aliphatic heterocycles. The zero-order chi connectivity index (χ0) is 22.3. The maximum Gasteiger partial charge on any atom is 0.291 e. The average Bonchev–Trinajstić information content (AvgIpc) is 3.39. The van der Waals surface area contributed by atoms with Crippen molar-refractivity contribution < 1.29 is 14.0 Å². The van der Waals surface area contributed by atoms with Crippen molar-refractivity contribution >= 4 is 23.2 Å². The number of carbonyl (C=O) groups excluding carboxylic acids is 2. The molecule has 6 nitrogen and oxygen atoms in total. The lowest BCUT2D eigenvalue weighted by atomic mass is 10.0. The number of hydrogen-bond acceptors (Lipinski definition) is 4. The van der Waals surface area contributed by atoms with Crippen LogP contribution in [-0.4, -0.2) is 17.5 Å². The minimum atomic E-state index is -0.321. The van der Waals surface area contributed by atoms with Crippen molar-refractivity contribution in [1.82, 2.24) is 5.43 Å². The van der Waals surface area contributed by atoms with Gasteiger partial charge in [0.15, 0.2) is 5.76 Å². The molecule has 1 aromatic heterocycles. The summed E-state index contributed by atoms with van der Waals surface area (Å²) in [7, 11) is 0. The fourth-order valence-electron chi connectivity index (χ4n) is 3.10. The minimum absolute atomic E-state index is 0.242. The van der Waals surface area contributed by atoms with E-state index in [1.807, 2.05) is 54.6 Å². The molecule has 0 saturated heterocycles. The Morgan fingerprint density at radius 1 is 0.719 bits per heavy atom. The molecule has 0 spiro atoms. The molecule has 4 rings (SSSR count).